The Morgan fingerprint density at radius 3 is 2.92 bits per heavy atom. The zero-order chi connectivity index (χ0) is 16.8. The van der Waals surface area contributed by atoms with E-state index in [1.54, 1.807) is 6.20 Å². The lowest BCUT2D eigenvalue weighted by molar-refractivity contribution is -0.121. The van der Waals surface area contributed by atoms with Crippen molar-refractivity contribution in [3.63, 3.8) is 0 Å². The van der Waals surface area contributed by atoms with Crippen LogP contribution >= 0.6 is 0 Å². The third-order valence-electron chi connectivity index (χ3n) is 4.66. The molecule has 0 aliphatic carbocycles. The first-order valence-corrected chi connectivity index (χ1v) is 8.82. The molecule has 1 N–H and O–H groups in total. The van der Waals surface area contributed by atoms with Crippen molar-refractivity contribution in [3.8, 4) is 0 Å². The fourth-order valence-corrected chi connectivity index (χ4v) is 3.27. The maximum Gasteiger partial charge on any atom is 0.221 e. The van der Waals surface area contributed by atoms with Gasteiger partial charge in [0.05, 0.1) is 0 Å². The molecule has 2 heterocycles. The van der Waals surface area contributed by atoms with E-state index in [1.807, 2.05) is 6.20 Å². The summed E-state index contributed by atoms with van der Waals surface area (Å²) in [7, 11) is 0. The molecule has 1 aromatic carbocycles. The molecule has 0 atom stereocenters. The van der Waals surface area contributed by atoms with E-state index >= 15 is 0 Å². The number of nitrogens with one attached hydrogen (secondary N) is 1. The van der Waals surface area contributed by atoms with Gasteiger partial charge >= 0.3 is 0 Å². The van der Waals surface area contributed by atoms with Gasteiger partial charge in [0.15, 0.2) is 0 Å². The molecule has 5 nitrogen and oxygen atoms in total. The van der Waals surface area contributed by atoms with Gasteiger partial charge in [-0.25, -0.2) is 4.98 Å². The number of benzene rings is 1. The molecule has 2 aromatic rings. The van der Waals surface area contributed by atoms with E-state index in [0.29, 0.717) is 19.5 Å². The predicted molar refractivity (Wildman–Crippen MR) is 94.7 cm³/mol. The van der Waals surface area contributed by atoms with Crippen molar-refractivity contribution in [2.45, 2.75) is 39.3 Å². The fraction of sp³-hybridized carbons (Fsp3) is 0.474. The Balaban J connectivity index is 1.37. The molecule has 1 amide bonds. The number of amides is 1. The molecule has 1 aliphatic heterocycles. The Hall–Kier alpha value is -2.14. The summed E-state index contributed by atoms with van der Waals surface area (Å²) in [4.78, 5) is 18.7. The molecule has 1 aliphatic rings. The number of imidazole rings is 1. The minimum atomic E-state index is 0.114. The summed E-state index contributed by atoms with van der Waals surface area (Å²) >= 11 is 0. The van der Waals surface area contributed by atoms with E-state index in [-0.39, 0.29) is 5.91 Å². The first-order chi connectivity index (χ1) is 11.8. The monoisotopic (exact) mass is 326 g/mol. The van der Waals surface area contributed by atoms with Gasteiger partial charge in [0.2, 0.25) is 5.91 Å². The number of aryl methyl sites for hydroxylation is 2. The fourth-order valence-electron chi connectivity index (χ4n) is 3.27. The normalized spacial score (nSPS) is 14.4. The van der Waals surface area contributed by atoms with Gasteiger partial charge in [-0.2, -0.15) is 0 Å². The second-order valence-electron chi connectivity index (χ2n) is 6.29. The highest BCUT2D eigenvalue weighted by Gasteiger charge is 2.15. The van der Waals surface area contributed by atoms with Gasteiger partial charge in [-0.1, -0.05) is 31.2 Å². The van der Waals surface area contributed by atoms with Gasteiger partial charge in [0.1, 0.15) is 5.82 Å². The largest absolute Gasteiger partial charge is 0.355 e. The third-order valence-corrected chi connectivity index (χ3v) is 4.66. The molecule has 128 valence electrons. The predicted octanol–water partition coefficient (Wildman–Crippen LogP) is 2.01. The third kappa shape index (κ3) is 4.23. The summed E-state index contributed by atoms with van der Waals surface area (Å²) in [5.74, 6) is 1.15. The number of carbonyl (C=O) groups is 1. The van der Waals surface area contributed by atoms with E-state index in [4.69, 9.17) is 0 Å². The number of nitrogens with zero attached hydrogens (tertiary/aromatic N) is 3. The average Bonchev–Trinajstić information content (AvgIpc) is 3.07. The molecule has 0 fully saturated rings. The van der Waals surface area contributed by atoms with E-state index in [1.165, 1.54) is 11.1 Å². The summed E-state index contributed by atoms with van der Waals surface area (Å²) in [6, 6.07) is 8.63. The number of rotatable bonds is 7. The first kappa shape index (κ1) is 16.7. The molecule has 1 aromatic heterocycles. The summed E-state index contributed by atoms with van der Waals surface area (Å²) in [6.07, 6.45) is 6.24. The van der Waals surface area contributed by atoms with Gasteiger partial charge in [0, 0.05) is 58.0 Å². The van der Waals surface area contributed by atoms with E-state index < -0.39 is 0 Å². The van der Waals surface area contributed by atoms with E-state index in [9.17, 15) is 4.79 Å². The van der Waals surface area contributed by atoms with Crippen LogP contribution in [0.15, 0.2) is 36.7 Å². The van der Waals surface area contributed by atoms with Crippen molar-refractivity contribution in [1.29, 1.82) is 0 Å². The van der Waals surface area contributed by atoms with Crippen molar-refractivity contribution in [2.75, 3.05) is 19.6 Å². The molecular weight excluding hydrogens is 300 g/mol. The molecule has 0 saturated heterocycles. The zero-order valence-corrected chi connectivity index (χ0v) is 14.4. The minimum absolute atomic E-state index is 0.114. The van der Waals surface area contributed by atoms with Crippen molar-refractivity contribution < 1.29 is 4.79 Å². The Morgan fingerprint density at radius 1 is 1.25 bits per heavy atom. The molecule has 0 unspecified atom stereocenters. The van der Waals surface area contributed by atoms with Crippen LogP contribution in [0.1, 0.15) is 30.3 Å². The van der Waals surface area contributed by atoms with Crippen LogP contribution in [-0.4, -0.2) is 40.0 Å². The van der Waals surface area contributed by atoms with Gasteiger partial charge in [-0.15, -0.1) is 0 Å². The highest BCUT2D eigenvalue weighted by Crippen LogP contribution is 2.17. The van der Waals surface area contributed by atoms with Gasteiger partial charge in [0.25, 0.3) is 0 Å². The first-order valence-electron chi connectivity index (χ1n) is 8.82. The summed E-state index contributed by atoms with van der Waals surface area (Å²) in [5, 5.41) is 3.04. The molecule has 0 spiro atoms. The highest BCUT2D eigenvalue weighted by atomic mass is 16.1. The summed E-state index contributed by atoms with van der Waals surface area (Å²) in [6.45, 7) is 6.46. The van der Waals surface area contributed by atoms with Crippen LogP contribution in [0.5, 0.6) is 0 Å². The molecule has 3 rings (SSSR count). The lowest BCUT2D eigenvalue weighted by Crippen LogP contribution is -2.38. The Kier molecular flexibility index (Phi) is 5.64. The quantitative estimate of drug-likeness (QED) is 0.847. The van der Waals surface area contributed by atoms with Crippen molar-refractivity contribution in [3.05, 3.63) is 53.6 Å². The van der Waals surface area contributed by atoms with Crippen LogP contribution in [0.3, 0.4) is 0 Å². The van der Waals surface area contributed by atoms with E-state index in [0.717, 1.165) is 38.3 Å². The maximum absolute atomic E-state index is 12.0. The standard InChI is InChI=1S/C19H26N4O/c1-2-18-20-10-14-23(18)12-8-19(24)21-9-13-22-11-7-16-5-3-4-6-17(16)15-22/h3-6,10,14H,2,7-9,11-13,15H2,1H3,(H,21,24). The lowest BCUT2D eigenvalue weighted by atomic mass is 10.00. The maximum atomic E-state index is 12.0. The van der Waals surface area contributed by atoms with Crippen LogP contribution in [-0.2, 0) is 30.7 Å². The van der Waals surface area contributed by atoms with Crippen LogP contribution in [0.4, 0.5) is 0 Å². The highest BCUT2D eigenvalue weighted by molar-refractivity contribution is 5.75. The smallest absolute Gasteiger partial charge is 0.221 e. The van der Waals surface area contributed by atoms with Crippen LogP contribution in [0.25, 0.3) is 0 Å². The Labute approximate surface area is 143 Å². The number of aromatic nitrogens is 2. The topological polar surface area (TPSA) is 50.2 Å². The number of carbonyl (C=O) groups excluding carboxylic acids is 1. The number of hydrogen-bond acceptors (Lipinski definition) is 3. The number of fused-ring (bicyclic) bond motifs is 1. The minimum Gasteiger partial charge on any atom is -0.355 e. The molecule has 0 bridgehead atoms. The number of hydrogen-bond donors (Lipinski definition) is 1. The van der Waals surface area contributed by atoms with E-state index in [2.05, 4.69) is 51.0 Å². The van der Waals surface area contributed by atoms with Crippen molar-refractivity contribution in [1.82, 2.24) is 19.8 Å². The molecule has 5 heteroatoms. The summed E-state index contributed by atoms with van der Waals surface area (Å²) in [5.41, 5.74) is 2.88. The van der Waals surface area contributed by atoms with Gasteiger partial charge < -0.3 is 9.88 Å². The Morgan fingerprint density at radius 2 is 2.08 bits per heavy atom. The zero-order valence-electron chi connectivity index (χ0n) is 14.4. The molecule has 0 saturated carbocycles. The summed E-state index contributed by atoms with van der Waals surface area (Å²) < 4.78 is 2.06. The van der Waals surface area contributed by atoms with Gasteiger partial charge in [-0.05, 0) is 17.5 Å². The molecule has 0 radical (unpaired) electrons. The van der Waals surface area contributed by atoms with Crippen LogP contribution in [0.2, 0.25) is 0 Å². The van der Waals surface area contributed by atoms with Gasteiger partial charge in [-0.3, -0.25) is 9.69 Å². The van der Waals surface area contributed by atoms with Crippen molar-refractivity contribution in [2.24, 2.45) is 0 Å². The average molecular weight is 326 g/mol. The lowest BCUT2D eigenvalue weighted by Gasteiger charge is -2.28. The second kappa shape index (κ2) is 8.11. The van der Waals surface area contributed by atoms with Crippen molar-refractivity contribution >= 4 is 5.91 Å². The van der Waals surface area contributed by atoms with Crippen LogP contribution < -0.4 is 5.32 Å². The molecule has 24 heavy (non-hydrogen) atoms. The Bertz CT molecular complexity index is 680. The van der Waals surface area contributed by atoms with Crippen LogP contribution in [0, 0.1) is 0 Å². The molecular formula is C19H26N4O. The second-order valence-corrected chi connectivity index (χ2v) is 6.29. The SMILES string of the molecule is CCc1nccn1CCC(=O)NCCN1CCc2ccccc2C1.